The van der Waals surface area contributed by atoms with Gasteiger partial charge in [0.05, 0.1) is 29.7 Å². The first-order chi connectivity index (χ1) is 17.2. The SMILES string of the molecule is CC1C=C2C=C3[C@@H](O)[C@H](O)[C@@H](N(C)C)C[C@]34CC[C@]2(O4)C2CC=C(c3ccc4cnncc4c3)[C@@]12C. The molecule has 6 heteroatoms. The summed E-state index contributed by atoms with van der Waals surface area (Å²) in [6.07, 6.45) is 12.5. The lowest BCUT2D eigenvalue weighted by molar-refractivity contribution is -0.165. The number of ether oxygens (including phenoxy) is 1. The Bertz CT molecular complexity index is 1360. The molecule has 5 aliphatic rings. The van der Waals surface area contributed by atoms with Crippen molar-refractivity contribution >= 4 is 16.3 Å². The second-order valence-corrected chi connectivity index (χ2v) is 12.2. The molecule has 0 amide bonds. The van der Waals surface area contributed by atoms with Gasteiger partial charge >= 0.3 is 0 Å². The number of fused-ring (bicyclic) bond motifs is 2. The molecule has 0 radical (unpaired) electrons. The smallest absolute Gasteiger partial charge is 0.105 e. The van der Waals surface area contributed by atoms with Crippen molar-refractivity contribution in [2.75, 3.05) is 14.1 Å². The van der Waals surface area contributed by atoms with Gasteiger partial charge in [-0.15, -0.1) is 0 Å². The van der Waals surface area contributed by atoms with Crippen molar-refractivity contribution in [1.29, 1.82) is 0 Å². The molecular weight excluding hydrogens is 450 g/mol. The van der Waals surface area contributed by atoms with Crippen LogP contribution in [0.2, 0.25) is 0 Å². The Hall–Kier alpha value is -2.38. The molecule has 2 aromatic rings. The third-order valence-electron chi connectivity index (χ3n) is 10.5. The molecule has 36 heavy (non-hydrogen) atoms. The van der Waals surface area contributed by atoms with Gasteiger partial charge in [-0.2, -0.15) is 10.2 Å². The number of hydrogen-bond donors (Lipinski definition) is 2. The zero-order valence-corrected chi connectivity index (χ0v) is 21.5. The van der Waals surface area contributed by atoms with Crippen molar-refractivity contribution in [1.82, 2.24) is 15.1 Å². The number of nitrogens with zero attached hydrogens (tertiary/aromatic N) is 3. The van der Waals surface area contributed by atoms with E-state index in [1.807, 2.05) is 31.4 Å². The fourth-order valence-electron chi connectivity index (χ4n) is 8.42. The number of aliphatic hydroxyl groups excluding tert-OH is 2. The summed E-state index contributed by atoms with van der Waals surface area (Å²) >= 11 is 0. The lowest BCUT2D eigenvalue weighted by Gasteiger charge is -2.57. The van der Waals surface area contributed by atoms with E-state index in [1.54, 1.807) is 0 Å². The van der Waals surface area contributed by atoms with Gasteiger partial charge in [0.15, 0.2) is 0 Å². The molecule has 2 unspecified atom stereocenters. The molecule has 7 rings (SSSR count). The fourth-order valence-corrected chi connectivity index (χ4v) is 8.42. The van der Waals surface area contributed by atoms with Crippen LogP contribution in [-0.4, -0.2) is 68.9 Å². The molecule has 1 aromatic carbocycles. The number of allylic oxidation sites excluding steroid dienone is 3. The highest BCUT2D eigenvalue weighted by atomic mass is 16.5. The summed E-state index contributed by atoms with van der Waals surface area (Å²) in [5.74, 6) is 0.622. The van der Waals surface area contributed by atoms with Crippen LogP contribution >= 0.6 is 0 Å². The zero-order valence-electron chi connectivity index (χ0n) is 21.5. The number of hydrogen-bond acceptors (Lipinski definition) is 6. The lowest BCUT2D eigenvalue weighted by atomic mass is 9.54. The van der Waals surface area contributed by atoms with Crippen molar-refractivity contribution < 1.29 is 14.9 Å². The van der Waals surface area contributed by atoms with Gasteiger partial charge in [-0.1, -0.05) is 44.2 Å². The number of aromatic nitrogens is 2. The normalized spacial score (nSPS) is 43.0. The summed E-state index contributed by atoms with van der Waals surface area (Å²) in [4.78, 5) is 2.03. The molecule has 3 heterocycles. The van der Waals surface area contributed by atoms with Gasteiger partial charge in [-0.3, -0.25) is 0 Å². The van der Waals surface area contributed by atoms with Crippen molar-refractivity contribution in [2.24, 2.45) is 17.3 Å². The first-order valence-electron chi connectivity index (χ1n) is 13.3. The molecular formula is C30H35N3O3. The van der Waals surface area contributed by atoms with Crippen LogP contribution in [0.5, 0.6) is 0 Å². The van der Waals surface area contributed by atoms with Gasteiger partial charge in [0.1, 0.15) is 6.10 Å². The molecule has 3 aliphatic carbocycles. The minimum Gasteiger partial charge on any atom is -0.388 e. The van der Waals surface area contributed by atoms with E-state index in [9.17, 15) is 10.2 Å². The number of aliphatic hydroxyl groups is 2. The van der Waals surface area contributed by atoms with E-state index in [0.29, 0.717) is 18.3 Å². The van der Waals surface area contributed by atoms with Gasteiger partial charge in [-0.25, -0.2) is 0 Å². The van der Waals surface area contributed by atoms with Crippen LogP contribution < -0.4 is 0 Å². The molecule has 2 fully saturated rings. The van der Waals surface area contributed by atoms with E-state index in [1.165, 1.54) is 16.7 Å². The highest BCUT2D eigenvalue weighted by Crippen LogP contribution is 2.69. The molecule has 1 aromatic heterocycles. The first kappa shape index (κ1) is 22.8. The van der Waals surface area contributed by atoms with Crippen molar-refractivity contribution in [3.63, 3.8) is 0 Å². The zero-order chi connectivity index (χ0) is 25.0. The quantitative estimate of drug-likeness (QED) is 0.672. The Morgan fingerprint density at radius 2 is 1.86 bits per heavy atom. The first-order valence-corrected chi connectivity index (χ1v) is 13.3. The average Bonchev–Trinajstić information content (AvgIpc) is 3.39. The Morgan fingerprint density at radius 1 is 1.08 bits per heavy atom. The highest BCUT2D eigenvalue weighted by molar-refractivity contribution is 5.86. The topological polar surface area (TPSA) is 78.7 Å². The fraction of sp³-hybridized carbons (Fsp3) is 0.533. The summed E-state index contributed by atoms with van der Waals surface area (Å²) in [6.45, 7) is 4.75. The third-order valence-corrected chi connectivity index (χ3v) is 10.5. The maximum Gasteiger partial charge on any atom is 0.105 e. The maximum atomic E-state index is 11.2. The third kappa shape index (κ3) is 2.71. The van der Waals surface area contributed by atoms with Crippen molar-refractivity contribution in [3.05, 3.63) is 65.5 Å². The Morgan fingerprint density at radius 3 is 2.64 bits per heavy atom. The molecule has 2 aliphatic heterocycles. The van der Waals surface area contributed by atoms with Crippen LogP contribution in [0.1, 0.15) is 45.1 Å². The number of rotatable bonds is 2. The van der Waals surface area contributed by atoms with Gasteiger partial charge in [0.2, 0.25) is 0 Å². The largest absolute Gasteiger partial charge is 0.388 e. The predicted octanol–water partition coefficient (Wildman–Crippen LogP) is 3.90. The van der Waals surface area contributed by atoms with E-state index >= 15 is 0 Å². The molecule has 1 saturated carbocycles. The van der Waals surface area contributed by atoms with Crippen LogP contribution in [0.15, 0.2) is 60.0 Å². The molecule has 6 nitrogen and oxygen atoms in total. The summed E-state index contributed by atoms with van der Waals surface area (Å²) in [6, 6.07) is 6.49. The number of likely N-dealkylation sites (N-methyl/N-ethyl adjacent to an activating group) is 1. The van der Waals surface area contributed by atoms with E-state index in [-0.39, 0.29) is 17.1 Å². The van der Waals surface area contributed by atoms with E-state index in [2.05, 4.69) is 60.5 Å². The lowest BCUT2D eigenvalue weighted by Crippen LogP contribution is -2.62. The van der Waals surface area contributed by atoms with Crippen molar-refractivity contribution in [3.8, 4) is 0 Å². The van der Waals surface area contributed by atoms with Gasteiger partial charge in [-0.05, 0) is 74.0 Å². The maximum absolute atomic E-state index is 11.2. The molecule has 2 N–H and O–H groups in total. The predicted molar refractivity (Wildman–Crippen MR) is 139 cm³/mol. The molecule has 188 valence electrons. The standard InChI is InChI=1S/C30H35N3O3/c1-17-11-21-13-23-26(34)27(35)24(33(3)4)14-29(23)9-10-30(21,36-29)25-8-7-22(28(17,25)2)18-5-6-19-15-31-32-16-20(19)12-18/h5-7,11-13,15-17,24-27,34-35H,8-10,14H2,1-4H3/t17?,24-,25?,26+,27+,28+,29+,30+/m0/s1. The summed E-state index contributed by atoms with van der Waals surface area (Å²) < 4.78 is 7.28. The Kier molecular flexibility index (Phi) is 4.65. The van der Waals surface area contributed by atoms with E-state index in [4.69, 9.17) is 4.74 Å². The summed E-state index contributed by atoms with van der Waals surface area (Å²) in [7, 11) is 3.96. The summed E-state index contributed by atoms with van der Waals surface area (Å²) in [5.41, 5.74) is 3.81. The summed E-state index contributed by atoms with van der Waals surface area (Å²) in [5, 5.41) is 32.5. The minimum atomic E-state index is -0.898. The highest BCUT2D eigenvalue weighted by Gasteiger charge is 2.68. The monoisotopic (exact) mass is 485 g/mol. The second-order valence-electron chi connectivity index (χ2n) is 12.2. The van der Waals surface area contributed by atoms with E-state index < -0.39 is 17.8 Å². The molecule has 2 spiro atoms. The Balaban J connectivity index is 1.33. The average molecular weight is 486 g/mol. The number of benzene rings is 1. The minimum absolute atomic E-state index is 0.0672. The molecule has 8 atom stereocenters. The van der Waals surface area contributed by atoms with Gasteiger partial charge in [0.25, 0.3) is 0 Å². The van der Waals surface area contributed by atoms with Crippen LogP contribution in [0.25, 0.3) is 16.3 Å². The van der Waals surface area contributed by atoms with Crippen LogP contribution in [-0.2, 0) is 4.74 Å². The second kappa shape index (κ2) is 7.35. The van der Waals surface area contributed by atoms with Gasteiger partial charge < -0.3 is 19.8 Å². The van der Waals surface area contributed by atoms with Crippen molar-refractivity contribution in [2.45, 2.75) is 69.0 Å². The van der Waals surface area contributed by atoms with Crippen LogP contribution in [0.4, 0.5) is 0 Å². The molecule has 1 saturated heterocycles. The van der Waals surface area contributed by atoms with Crippen LogP contribution in [0, 0.1) is 17.3 Å². The Labute approximate surface area is 212 Å². The molecule has 2 bridgehead atoms. The van der Waals surface area contributed by atoms with Crippen LogP contribution in [0.3, 0.4) is 0 Å². The van der Waals surface area contributed by atoms with Gasteiger partial charge in [0, 0.05) is 28.1 Å². The van der Waals surface area contributed by atoms with E-state index in [0.717, 1.165) is 35.6 Å².